The SMILES string of the molecule is CCCC1CCN(C(=O)Nc2ccc(C(C)=O)cc2)CC1. The van der Waals surface area contributed by atoms with Gasteiger partial charge in [-0.15, -0.1) is 0 Å². The van der Waals surface area contributed by atoms with Gasteiger partial charge in [0.1, 0.15) is 0 Å². The van der Waals surface area contributed by atoms with Crippen LogP contribution in [0.3, 0.4) is 0 Å². The van der Waals surface area contributed by atoms with Crippen LogP contribution in [0.25, 0.3) is 0 Å². The zero-order valence-electron chi connectivity index (χ0n) is 12.9. The lowest BCUT2D eigenvalue weighted by molar-refractivity contribution is 0.101. The molecule has 0 bridgehead atoms. The smallest absolute Gasteiger partial charge is 0.321 e. The van der Waals surface area contributed by atoms with Crippen molar-refractivity contribution in [3.63, 3.8) is 0 Å². The van der Waals surface area contributed by atoms with Crippen LogP contribution < -0.4 is 5.32 Å². The molecule has 1 aliphatic heterocycles. The minimum Gasteiger partial charge on any atom is -0.325 e. The molecule has 1 saturated heterocycles. The molecular formula is C17H24N2O2. The standard InChI is InChI=1S/C17H24N2O2/c1-3-4-14-9-11-19(12-10-14)17(21)18-16-7-5-15(6-8-16)13(2)20/h5-8,14H,3-4,9-12H2,1-2H3,(H,18,21). The van der Waals surface area contributed by atoms with Crippen LogP contribution in [0.2, 0.25) is 0 Å². The molecular weight excluding hydrogens is 264 g/mol. The van der Waals surface area contributed by atoms with Gasteiger partial charge in [0.25, 0.3) is 0 Å². The number of nitrogens with zero attached hydrogens (tertiary/aromatic N) is 1. The van der Waals surface area contributed by atoms with Crippen molar-refractivity contribution < 1.29 is 9.59 Å². The van der Waals surface area contributed by atoms with Gasteiger partial charge in [-0.2, -0.15) is 0 Å². The third kappa shape index (κ3) is 4.31. The maximum atomic E-state index is 12.2. The number of nitrogens with one attached hydrogen (secondary N) is 1. The number of ketones is 1. The van der Waals surface area contributed by atoms with Gasteiger partial charge in [0.2, 0.25) is 0 Å². The number of carbonyl (C=O) groups is 2. The molecule has 1 aromatic rings. The molecule has 0 atom stereocenters. The van der Waals surface area contributed by atoms with E-state index in [1.165, 1.54) is 19.8 Å². The van der Waals surface area contributed by atoms with Crippen LogP contribution in [0, 0.1) is 5.92 Å². The number of hydrogen-bond donors (Lipinski definition) is 1. The highest BCUT2D eigenvalue weighted by Gasteiger charge is 2.22. The van der Waals surface area contributed by atoms with Crippen molar-refractivity contribution in [3.8, 4) is 0 Å². The molecule has 0 spiro atoms. The molecule has 2 amide bonds. The van der Waals surface area contributed by atoms with Crippen LogP contribution in [-0.2, 0) is 0 Å². The van der Waals surface area contributed by atoms with Gasteiger partial charge in [-0.1, -0.05) is 19.8 Å². The second kappa shape index (κ2) is 7.25. The van der Waals surface area contributed by atoms with E-state index in [-0.39, 0.29) is 11.8 Å². The molecule has 1 aliphatic rings. The summed E-state index contributed by atoms with van der Waals surface area (Å²) >= 11 is 0. The Balaban J connectivity index is 1.86. The van der Waals surface area contributed by atoms with E-state index in [9.17, 15) is 9.59 Å². The molecule has 1 N–H and O–H groups in total. The van der Waals surface area contributed by atoms with E-state index in [1.807, 2.05) is 4.90 Å². The largest absolute Gasteiger partial charge is 0.325 e. The van der Waals surface area contributed by atoms with Gasteiger partial charge in [-0.3, -0.25) is 4.79 Å². The second-order valence-corrected chi connectivity index (χ2v) is 5.78. The summed E-state index contributed by atoms with van der Waals surface area (Å²) in [5.74, 6) is 0.805. The number of hydrogen-bond acceptors (Lipinski definition) is 2. The molecule has 21 heavy (non-hydrogen) atoms. The summed E-state index contributed by atoms with van der Waals surface area (Å²) in [5.41, 5.74) is 1.40. The first-order valence-corrected chi connectivity index (χ1v) is 7.77. The Bertz CT molecular complexity index is 488. The van der Waals surface area contributed by atoms with E-state index in [4.69, 9.17) is 0 Å². The van der Waals surface area contributed by atoms with Crippen molar-refractivity contribution >= 4 is 17.5 Å². The van der Waals surface area contributed by atoms with Gasteiger partial charge in [-0.25, -0.2) is 4.79 Å². The van der Waals surface area contributed by atoms with Gasteiger partial charge in [0.15, 0.2) is 5.78 Å². The Hall–Kier alpha value is -1.84. The Morgan fingerprint density at radius 2 is 1.81 bits per heavy atom. The zero-order valence-corrected chi connectivity index (χ0v) is 12.9. The Morgan fingerprint density at radius 3 is 2.33 bits per heavy atom. The number of urea groups is 1. The summed E-state index contributed by atoms with van der Waals surface area (Å²) in [6.07, 6.45) is 4.69. The minimum absolute atomic E-state index is 0.0332. The molecule has 114 valence electrons. The molecule has 1 fully saturated rings. The van der Waals surface area contributed by atoms with Crippen molar-refractivity contribution in [3.05, 3.63) is 29.8 Å². The zero-order chi connectivity index (χ0) is 15.2. The predicted octanol–water partition coefficient (Wildman–Crippen LogP) is 3.93. The first kappa shape index (κ1) is 15.5. The van der Waals surface area contributed by atoms with Gasteiger partial charge in [0, 0.05) is 24.3 Å². The Morgan fingerprint density at radius 1 is 1.19 bits per heavy atom. The summed E-state index contributed by atoms with van der Waals surface area (Å²) in [6.45, 7) is 5.42. The summed E-state index contributed by atoms with van der Waals surface area (Å²) < 4.78 is 0. The van der Waals surface area contributed by atoms with Crippen molar-refractivity contribution in [1.29, 1.82) is 0 Å². The first-order valence-electron chi connectivity index (χ1n) is 7.77. The number of anilines is 1. The summed E-state index contributed by atoms with van der Waals surface area (Å²) in [5, 5.41) is 2.90. The van der Waals surface area contributed by atoms with Gasteiger partial charge >= 0.3 is 6.03 Å². The van der Waals surface area contributed by atoms with Crippen molar-refractivity contribution in [1.82, 2.24) is 4.90 Å². The third-order valence-electron chi connectivity index (χ3n) is 4.14. The topological polar surface area (TPSA) is 49.4 Å². The number of rotatable bonds is 4. The van der Waals surface area contributed by atoms with Crippen LogP contribution in [0.1, 0.15) is 49.9 Å². The van der Waals surface area contributed by atoms with E-state index in [0.29, 0.717) is 5.56 Å². The van der Waals surface area contributed by atoms with Crippen LogP contribution in [0.4, 0.5) is 10.5 Å². The van der Waals surface area contributed by atoms with Crippen molar-refractivity contribution in [2.24, 2.45) is 5.92 Å². The predicted molar refractivity (Wildman–Crippen MR) is 84.7 cm³/mol. The molecule has 0 aromatic heterocycles. The Kier molecular flexibility index (Phi) is 5.37. The Labute approximate surface area is 126 Å². The normalized spacial score (nSPS) is 15.8. The minimum atomic E-state index is -0.0412. The first-order chi connectivity index (χ1) is 10.1. The number of carbonyl (C=O) groups excluding carboxylic acids is 2. The van der Waals surface area contributed by atoms with E-state index >= 15 is 0 Å². The summed E-state index contributed by atoms with van der Waals surface area (Å²) in [7, 11) is 0. The average molecular weight is 288 g/mol. The van der Waals surface area contributed by atoms with Gasteiger partial charge in [0.05, 0.1) is 0 Å². The highest BCUT2D eigenvalue weighted by atomic mass is 16.2. The number of piperidine rings is 1. The fourth-order valence-electron chi connectivity index (χ4n) is 2.82. The molecule has 0 unspecified atom stereocenters. The monoisotopic (exact) mass is 288 g/mol. The van der Waals surface area contributed by atoms with Crippen LogP contribution in [0.5, 0.6) is 0 Å². The molecule has 4 nitrogen and oxygen atoms in total. The van der Waals surface area contributed by atoms with Crippen LogP contribution in [-0.4, -0.2) is 29.8 Å². The van der Waals surface area contributed by atoms with E-state index in [0.717, 1.165) is 37.5 Å². The lowest BCUT2D eigenvalue weighted by atomic mass is 9.93. The highest BCUT2D eigenvalue weighted by Crippen LogP contribution is 2.22. The molecule has 2 rings (SSSR count). The average Bonchev–Trinajstić information content (AvgIpc) is 2.49. The van der Waals surface area contributed by atoms with Crippen molar-refractivity contribution in [2.75, 3.05) is 18.4 Å². The quantitative estimate of drug-likeness (QED) is 0.853. The van der Waals surface area contributed by atoms with Gasteiger partial charge < -0.3 is 10.2 Å². The van der Waals surface area contributed by atoms with Crippen molar-refractivity contribution in [2.45, 2.75) is 39.5 Å². The molecule has 0 radical (unpaired) electrons. The summed E-state index contributed by atoms with van der Waals surface area (Å²) in [4.78, 5) is 25.3. The van der Waals surface area contributed by atoms with E-state index < -0.39 is 0 Å². The summed E-state index contributed by atoms with van der Waals surface area (Å²) in [6, 6.07) is 6.99. The number of amides is 2. The third-order valence-corrected chi connectivity index (χ3v) is 4.14. The molecule has 0 aliphatic carbocycles. The second-order valence-electron chi connectivity index (χ2n) is 5.78. The fourth-order valence-corrected chi connectivity index (χ4v) is 2.82. The molecule has 1 aromatic carbocycles. The maximum Gasteiger partial charge on any atom is 0.321 e. The maximum absolute atomic E-state index is 12.2. The number of likely N-dealkylation sites (tertiary alicyclic amines) is 1. The molecule has 0 saturated carbocycles. The van der Waals surface area contributed by atoms with Crippen LogP contribution in [0.15, 0.2) is 24.3 Å². The van der Waals surface area contributed by atoms with E-state index in [1.54, 1.807) is 24.3 Å². The number of Topliss-reactive ketones (excluding diaryl/α,β-unsaturated/α-hetero) is 1. The van der Waals surface area contributed by atoms with Gasteiger partial charge in [-0.05, 0) is 49.9 Å². The number of benzene rings is 1. The lowest BCUT2D eigenvalue weighted by Crippen LogP contribution is -2.41. The molecule has 1 heterocycles. The molecule has 4 heteroatoms. The lowest BCUT2D eigenvalue weighted by Gasteiger charge is -2.31. The van der Waals surface area contributed by atoms with Crippen LogP contribution >= 0.6 is 0 Å². The fraction of sp³-hybridized carbons (Fsp3) is 0.529. The van der Waals surface area contributed by atoms with E-state index in [2.05, 4.69) is 12.2 Å². The highest BCUT2D eigenvalue weighted by molar-refractivity contribution is 5.95.